The van der Waals surface area contributed by atoms with Gasteiger partial charge in [-0.05, 0) is 12.1 Å². The molecule has 6 nitrogen and oxygen atoms in total. The number of aliphatic hydroxyl groups is 1. The van der Waals surface area contributed by atoms with Gasteiger partial charge < -0.3 is 9.52 Å². The van der Waals surface area contributed by atoms with Gasteiger partial charge in [0.2, 0.25) is 11.0 Å². The fourth-order valence-corrected chi connectivity index (χ4v) is 1.77. The molecule has 0 atom stereocenters. The predicted molar refractivity (Wildman–Crippen MR) is 45.6 cm³/mol. The van der Waals surface area contributed by atoms with E-state index in [1.807, 2.05) is 0 Å². The maximum absolute atomic E-state index is 11.3. The molecular formula is C7H9NO5S. The van der Waals surface area contributed by atoms with Crippen LogP contribution in [0.25, 0.3) is 0 Å². The number of nitrogens with one attached hydrogen (secondary N) is 1. The average molecular weight is 219 g/mol. The van der Waals surface area contributed by atoms with Crippen molar-refractivity contribution in [2.75, 3.05) is 0 Å². The Morgan fingerprint density at radius 2 is 2.21 bits per heavy atom. The first kappa shape index (κ1) is 10.7. The minimum atomic E-state index is -3.93. The van der Waals surface area contributed by atoms with Crippen LogP contribution in [0.15, 0.2) is 21.6 Å². The first-order chi connectivity index (χ1) is 6.45. The Morgan fingerprint density at radius 3 is 2.64 bits per heavy atom. The Labute approximate surface area is 80.6 Å². The van der Waals surface area contributed by atoms with Crippen LogP contribution in [-0.2, 0) is 21.4 Å². The van der Waals surface area contributed by atoms with Crippen LogP contribution in [-0.4, -0.2) is 19.4 Å². The smallest absolute Gasteiger partial charge is 0.297 e. The van der Waals surface area contributed by atoms with E-state index in [-0.39, 0.29) is 5.76 Å². The van der Waals surface area contributed by atoms with Crippen LogP contribution in [0, 0.1) is 0 Å². The molecule has 14 heavy (non-hydrogen) atoms. The first-order valence-electron chi connectivity index (χ1n) is 3.68. The molecule has 0 saturated heterocycles. The van der Waals surface area contributed by atoms with Crippen LogP contribution in [0.3, 0.4) is 0 Å². The lowest BCUT2D eigenvalue weighted by Gasteiger charge is -1.99. The number of carbonyl (C=O) groups is 1. The van der Waals surface area contributed by atoms with Crippen molar-refractivity contribution in [1.82, 2.24) is 4.72 Å². The van der Waals surface area contributed by atoms with E-state index < -0.39 is 27.6 Å². The summed E-state index contributed by atoms with van der Waals surface area (Å²) in [5.41, 5.74) is 0. The van der Waals surface area contributed by atoms with E-state index in [1.54, 1.807) is 4.72 Å². The van der Waals surface area contributed by atoms with Gasteiger partial charge in [0.25, 0.3) is 10.0 Å². The Morgan fingerprint density at radius 1 is 1.57 bits per heavy atom. The molecule has 78 valence electrons. The molecule has 0 bridgehead atoms. The van der Waals surface area contributed by atoms with E-state index in [1.165, 1.54) is 6.07 Å². The molecule has 0 unspecified atom stereocenters. The highest BCUT2D eigenvalue weighted by Crippen LogP contribution is 2.13. The highest BCUT2D eigenvalue weighted by Gasteiger charge is 2.19. The van der Waals surface area contributed by atoms with E-state index in [0.717, 1.165) is 13.0 Å². The van der Waals surface area contributed by atoms with Crippen LogP contribution in [0.5, 0.6) is 0 Å². The summed E-state index contributed by atoms with van der Waals surface area (Å²) >= 11 is 0. The van der Waals surface area contributed by atoms with Gasteiger partial charge in [-0.2, -0.15) is 8.42 Å². The van der Waals surface area contributed by atoms with Crippen molar-refractivity contribution in [2.45, 2.75) is 18.6 Å². The molecule has 0 aliphatic heterocycles. The van der Waals surface area contributed by atoms with E-state index in [2.05, 4.69) is 0 Å². The molecule has 7 heteroatoms. The molecule has 0 radical (unpaired) electrons. The van der Waals surface area contributed by atoms with Crippen LogP contribution in [0.4, 0.5) is 0 Å². The standard InChI is InChI=1S/C7H9NO5S/c1-5(10)8-14(11,12)7-3-2-6(4-9)13-7/h2-3,9H,4H2,1H3,(H,8,10). The highest BCUT2D eigenvalue weighted by atomic mass is 32.2. The van der Waals surface area contributed by atoms with Gasteiger partial charge in [0.05, 0.1) is 0 Å². The quantitative estimate of drug-likeness (QED) is 0.720. The fraction of sp³-hybridized carbons (Fsp3) is 0.286. The third-order valence-electron chi connectivity index (χ3n) is 1.34. The molecule has 1 aromatic rings. The summed E-state index contributed by atoms with van der Waals surface area (Å²) in [6, 6.07) is 2.48. The third-order valence-corrected chi connectivity index (χ3v) is 2.64. The molecule has 0 aromatic carbocycles. The lowest BCUT2D eigenvalue weighted by molar-refractivity contribution is -0.117. The summed E-state index contributed by atoms with van der Waals surface area (Å²) in [6.07, 6.45) is 0. The van der Waals surface area contributed by atoms with Gasteiger partial charge in [0.1, 0.15) is 12.4 Å². The van der Waals surface area contributed by atoms with Gasteiger partial charge in [-0.3, -0.25) is 4.79 Å². The van der Waals surface area contributed by atoms with Gasteiger partial charge >= 0.3 is 0 Å². The normalized spacial score (nSPS) is 11.3. The summed E-state index contributed by atoms with van der Waals surface area (Å²) in [6.45, 7) is 0.684. The van der Waals surface area contributed by atoms with Crippen LogP contribution >= 0.6 is 0 Å². The van der Waals surface area contributed by atoms with Crippen molar-refractivity contribution in [1.29, 1.82) is 0 Å². The van der Waals surface area contributed by atoms with E-state index >= 15 is 0 Å². The maximum atomic E-state index is 11.3. The number of carbonyl (C=O) groups excluding carboxylic acids is 1. The lowest BCUT2D eigenvalue weighted by atomic mass is 10.5. The van der Waals surface area contributed by atoms with Gasteiger partial charge in [0.15, 0.2) is 0 Å². The Hall–Kier alpha value is -1.34. The molecule has 0 aliphatic carbocycles. The zero-order chi connectivity index (χ0) is 10.8. The lowest BCUT2D eigenvalue weighted by Crippen LogP contribution is -2.27. The summed E-state index contributed by atoms with van der Waals surface area (Å²) in [7, 11) is -3.93. The number of hydrogen-bond acceptors (Lipinski definition) is 5. The Bertz CT molecular complexity index is 433. The number of rotatable bonds is 3. The maximum Gasteiger partial charge on any atom is 0.297 e. The summed E-state index contributed by atoms with van der Waals surface area (Å²) in [4.78, 5) is 10.5. The minimum absolute atomic E-state index is 0.119. The molecule has 1 heterocycles. The molecule has 0 saturated carbocycles. The first-order valence-corrected chi connectivity index (χ1v) is 5.17. The Balaban J connectivity index is 2.98. The molecule has 0 fully saturated rings. The monoisotopic (exact) mass is 219 g/mol. The summed E-state index contributed by atoms with van der Waals surface area (Å²) in [5, 5.41) is 8.23. The predicted octanol–water partition coefficient (Wildman–Crippen LogP) is -0.403. The van der Waals surface area contributed by atoms with Crippen molar-refractivity contribution in [3.63, 3.8) is 0 Å². The second kappa shape index (κ2) is 3.81. The van der Waals surface area contributed by atoms with Crippen molar-refractivity contribution in [3.8, 4) is 0 Å². The molecule has 0 aliphatic rings. The molecular weight excluding hydrogens is 210 g/mol. The van der Waals surface area contributed by atoms with E-state index in [0.29, 0.717) is 0 Å². The van der Waals surface area contributed by atoms with Crippen molar-refractivity contribution in [3.05, 3.63) is 17.9 Å². The topological polar surface area (TPSA) is 96.6 Å². The van der Waals surface area contributed by atoms with Crippen LogP contribution in [0.2, 0.25) is 0 Å². The van der Waals surface area contributed by atoms with Gasteiger partial charge in [-0.15, -0.1) is 0 Å². The molecule has 2 N–H and O–H groups in total. The Kier molecular flexibility index (Phi) is 2.92. The molecule has 0 spiro atoms. The van der Waals surface area contributed by atoms with Crippen molar-refractivity contribution >= 4 is 15.9 Å². The van der Waals surface area contributed by atoms with Crippen molar-refractivity contribution in [2.24, 2.45) is 0 Å². The molecule has 1 amide bonds. The van der Waals surface area contributed by atoms with Gasteiger partial charge in [0, 0.05) is 6.92 Å². The van der Waals surface area contributed by atoms with Gasteiger partial charge in [-0.25, -0.2) is 4.72 Å². The third kappa shape index (κ3) is 2.33. The van der Waals surface area contributed by atoms with Crippen LogP contribution < -0.4 is 4.72 Å². The number of hydrogen-bond donors (Lipinski definition) is 2. The van der Waals surface area contributed by atoms with E-state index in [4.69, 9.17) is 9.52 Å². The van der Waals surface area contributed by atoms with Crippen LogP contribution in [0.1, 0.15) is 12.7 Å². The number of furan rings is 1. The summed E-state index contributed by atoms with van der Waals surface area (Å²) < 4.78 is 29.0. The largest absolute Gasteiger partial charge is 0.445 e. The van der Waals surface area contributed by atoms with E-state index in [9.17, 15) is 13.2 Å². The second-order valence-corrected chi connectivity index (χ2v) is 4.15. The van der Waals surface area contributed by atoms with Gasteiger partial charge in [-0.1, -0.05) is 0 Å². The molecule has 1 rings (SSSR count). The summed E-state index contributed by atoms with van der Waals surface area (Å²) in [5.74, 6) is -0.583. The average Bonchev–Trinajstić information content (AvgIpc) is 2.49. The number of aliphatic hydroxyl groups excluding tert-OH is 1. The SMILES string of the molecule is CC(=O)NS(=O)(=O)c1ccc(CO)o1. The second-order valence-electron chi connectivity index (χ2n) is 2.54. The molecule has 1 aromatic heterocycles. The number of amides is 1. The highest BCUT2D eigenvalue weighted by molar-refractivity contribution is 7.89. The zero-order valence-corrected chi connectivity index (χ0v) is 8.17. The van der Waals surface area contributed by atoms with Crippen molar-refractivity contribution < 1.29 is 22.7 Å². The minimum Gasteiger partial charge on any atom is -0.445 e. The fourth-order valence-electron chi connectivity index (χ4n) is 0.827. The zero-order valence-electron chi connectivity index (χ0n) is 7.35. The number of sulfonamides is 1.